The Balaban J connectivity index is 2.68. The zero-order valence-electron chi connectivity index (χ0n) is 8.83. The summed E-state index contributed by atoms with van der Waals surface area (Å²) in [7, 11) is 0. The number of benzene rings is 1. The first-order chi connectivity index (χ1) is 7.63. The summed E-state index contributed by atoms with van der Waals surface area (Å²) in [6, 6.07) is 4.28. The van der Waals surface area contributed by atoms with Crippen molar-refractivity contribution >= 4 is 28.6 Å². The van der Waals surface area contributed by atoms with Crippen LogP contribution in [0.25, 0.3) is 0 Å². The smallest absolute Gasteiger partial charge is 0.287 e. The molecule has 0 saturated carbocycles. The van der Waals surface area contributed by atoms with Crippen LogP contribution in [0.2, 0.25) is 0 Å². The molecule has 0 fully saturated rings. The van der Waals surface area contributed by atoms with Gasteiger partial charge in [0.25, 0.3) is 0 Å². The van der Waals surface area contributed by atoms with Crippen LogP contribution in [0.3, 0.4) is 0 Å². The molecule has 0 N–H and O–H groups in total. The first-order valence-corrected chi connectivity index (χ1v) is 6.35. The molecule has 1 aromatic rings. The number of hydrogen-bond acceptors (Lipinski definition) is 3. The second-order valence-corrected chi connectivity index (χ2v) is 4.28. The Kier molecular flexibility index (Phi) is 5.51. The Morgan fingerprint density at radius 2 is 2.25 bits per heavy atom. The predicted molar refractivity (Wildman–Crippen MR) is 66.0 cm³/mol. The maximum absolute atomic E-state index is 13.3. The van der Waals surface area contributed by atoms with Crippen LogP contribution in [0, 0.1) is 5.82 Å². The third kappa shape index (κ3) is 4.34. The van der Waals surface area contributed by atoms with E-state index in [4.69, 9.17) is 4.89 Å². The number of carbonyl (C=O) groups is 1. The monoisotopic (exact) mass is 338 g/mol. The highest BCUT2D eigenvalue weighted by Crippen LogP contribution is 2.18. The zero-order chi connectivity index (χ0) is 12.0. The molecule has 0 saturated heterocycles. The van der Waals surface area contributed by atoms with Gasteiger partial charge in [-0.25, -0.2) is 9.18 Å². The van der Waals surface area contributed by atoms with Crippen LogP contribution in [-0.4, -0.2) is 10.4 Å². The van der Waals surface area contributed by atoms with Gasteiger partial charge in [0.1, 0.15) is 5.82 Å². The van der Waals surface area contributed by atoms with E-state index in [9.17, 15) is 9.18 Å². The van der Waals surface area contributed by atoms with Crippen molar-refractivity contribution in [2.45, 2.75) is 19.8 Å². The Bertz CT molecular complexity index is 368. The van der Waals surface area contributed by atoms with Crippen LogP contribution in [0.4, 0.5) is 4.39 Å². The van der Waals surface area contributed by atoms with E-state index in [1.54, 1.807) is 6.07 Å². The molecule has 0 aliphatic heterocycles. The lowest BCUT2D eigenvalue weighted by Crippen LogP contribution is -2.03. The fraction of sp³-hybridized carbons (Fsp3) is 0.364. The molecule has 3 nitrogen and oxygen atoms in total. The standard InChI is InChI=1S/C11H12FIO3/c1-8(14)15-16-10-4-5-11(12)9(7-10)3-2-6-13/h4-5,7H,2-3,6H2,1H3. The topological polar surface area (TPSA) is 35.5 Å². The van der Waals surface area contributed by atoms with Crippen molar-refractivity contribution < 1.29 is 19.0 Å². The highest BCUT2D eigenvalue weighted by molar-refractivity contribution is 14.1. The first kappa shape index (κ1) is 13.2. The van der Waals surface area contributed by atoms with Gasteiger partial charge in [-0.15, -0.1) is 0 Å². The molecular formula is C11H12FIO3. The predicted octanol–water partition coefficient (Wildman–Crippen LogP) is 3.05. The van der Waals surface area contributed by atoms with E-state index in [2.05, 4.69) is 27.5 Å². The minimum Gasteiger partial charge on any atom is -0.287 e. The van der Waals surface area contributed by atoms with E-state index in [1.165, 1.54) is 19.1 Å². The molecule has 0 atom stereocenters. The summed E-state index contributed by atoms with van der Waals surface area (Å²) >= 11 is 2.24. The van der Waals surface area contributed by atoms with Crippen LogP contribution in [-0.2, 0) is 16.1 Å². The van der Waals surface area contributed by atoms with E-state index in [0.29, 0.717) is 17.7 Å². The van der Waals surface area contributed by atoms with Crippen LogP contribution in [0.15, 0.2) is 18.2 Å². The molecule has 0 radical (unpaired) electrons. The van der Waals surface area contributed by atoms with Gasteiger partial charge in [0.15, 0.2) is 5.75 Å². The van der Waals surface area contributed by atoms with Gasteiger partial charge in [0, 0.05) is 6.92 Å². The van der Waals surface area contributed by atoms with E-state index >= 15 is 0 Å². The van der Waals surface area contributed by atoms with Gasteiger partial charge in [0.2, 0.25) is 0 Å². The molecule has 1 rings (SSSR count). The highest BCUT2D eigenvalue weighted by Gasteiger charge is 2.05. The zero-order valence-corrected chi connectivity index (χ0v) is 11.0. The molecule has 0 aliphatic carbocycles. The molecule has 16 heavy (non-hydrogen) atoms. The number of aryl methyl sites for hydroxylation is 1. The molecule has 1 aromatic carbocycles. The molecule has 0 unspecified atom stereocenters. The van der Waals surface area contributed by atoms with Crippen LogP contribution >= 0.6 is 22.6 Å². The molecule has 88 valence electrons. The fourth-order valence-corrected chi connectivity index (χ4v) is 1.54. The lowest BCUT2D eigenvalue weighted by molar-refractivity contribution is -0.210. The number of alkyl halides is 1. The van der Waals surface area contributed by atoms with Crippen molar-refractivity contribution in [3.8, 4) is 5.75 Å². The van der Waals surface area contributed by atoms with E-state index in [-0.39, 0.29) is 5.82 Å². The second kappa shape index (κ2) is 6.67. The van der Waals surface area contributed by atoms with Crippen molar-refractivity contribution in [2.24, 2.45) is 0 Å². The van der Waals surface area contributed by atoms with Gasteiger partial charge in [-0.3, -0.25) is 9.78 Å². The number of halogens is 2. The van der Waals surface area contributed by atoms with E-state index in [0.717, 1.165) is 10.8 Å². The summed E-state index contributed by atoms with van der Waals surface area (Å²) in [4.78, 5) is 19.6. The summed E-state index contributed by atoms with van der Waals surface area (Å²) in [6.07, 6.45) is 1.54. The van der Waals surface area contributed by atoms with E-state index < -0.39 is 5.97 Å². The summed E-state index contributed by atoms with van der Waals surface area (Å²) in [5, 5.41) is 0. The quantitative estimate of drug-likeness (QED) is 0.358. The Morgan fingerprint density at radius 1 is 1.50 bits per heavy atom. The lowest BCUT2D eigenvalue weighted by Gasteiger charge is -2.05. The minimum atomic E-state index is -0.543. The Morgan fingerprint density at radius 3 is 2.88 bits per heavy atom. The summed E-state index contributed by atoms with van der Waals surface area (Å²) < 4.78 is 14.3. The maximum Gasteiger partial charge on any atom is 0.352 e. The van der Waals surface area contributed by atoms with Crippen molar-refractivity contribution in [3.63, 3.8) is 0 Å². The molecule has 0 amide bonds. The van der Waals surface area contributed by atoms with Gasteiger partial charge in [-0.1, -0.05) is 22.6 Å². The summed E-state index contributed by atoms with van der Waals surface area (Å²) in [5.41, 5.74) is 0.571. The molecule has 0 heterocycles. The summed E-state index contributed by atoms with van der Waals surface area (Å²) in [5.74, 6) is -0.474. The first-order valence-electron chi connectivity index (χ1n) is 4.83. The number of hydrogen-bond donors (Lipinski definition) is 0. The van der Waals surface area contributed by atoms with Gasteiger partial charge in [-0.2, -0.15) is 0 Å². The van der Waals surface area contributed by atoms with Crippen LogP contribution in [0.5, 0.6) is 5.75 Å². The molecule has 0 spiro atoms. The maximum atomic E-state index is 13.3. The minimum absolute atomic E-state index is 0.264. The van der Waals surface area contributed by atoms with E-state index in [1.807, 2.05) is 0 Å². The molecular weight excluding hydrogens is 326 g/mol. The SMILES string of the molecule is CC(=O)OOc1ccc(F)c(CCCI)c1. The highest BCUT2D eigenvalue weighted by atomic mass is 127. The largest absolute Gasteiger partial charge is 0.352 e. The number of rotatable bonds is 5. The van der Waals surface area contributed by atoms with Crippen molar-refractivity contribution in [1.29, 1.82) is 0 Å². The Hall–Kier alpha value is -0.850. The fourth-order valence-electron chi connectivity index (χ4n) is 1.16. The molecule has 5 heteroatoms. The summed E-state index contributed by atoms with van der Waals surface area (Å²) in [6.45, 7) is 1.24. The average molecular weight is 338 g/mol. The third-order valence-corrected chi connectivity index (χ3v) is 2.61. The number of carbonyl (C=O) groups excluding carboxylic acids is 1. The van der Waals surface area contributed by atoms with Gasteiger partial charge in [0.05, 0.1) is 0 Å². The molecule has 0 aromatic heterocycles. The lowest BCUT2D eigenvalue weighted by atomic mass is 10.1. The third-order valence-electron chi connectivity index (χ3n) is 1.85. The van der Waals surface area contributed by atoms with Crippen LogP contribution < -0.4 is 4.89 Å². The second-order valence-electron chi connectivity index (χ2n) is 3.20. The Labute approximate surface area is 107 Å². The van der Waals surface area contributed by atoms with Crippen molar-refractivity contribution in [3.05, 3.63) is 29.6 Å². The van der Waals surface area contributed by atoms with Crippen LogP contribution in [0.1, 0.15) is 18.9 Å². The van der Waals surface area contributed by atoms with Crippen molar-refractivity contribution in [1.82, 2.24) is 0 Å². The van der Waals surface area contributed by atoms with Gasteiger partial charge >= 0.3 is 5.97 Å². The average Bonchev–Trinajstić information content (AvgIpc) is 2.26. The van der Waals surface area contributed by atoms with Crippen molar-refractivity contribution in [2.75, 3.05) is 4.43 Å². The van der Waals surface area contributed by atoms with Gasteiger partial charge in [-0.05, 0) is 41.0 Å². The molecule has 0 aliphatic rings. The normalized spacial score (nSPS) is 9.94. The molecule has 0 bridgehead atoms. The van der Waals surface area contributed by atoms with Gasteiger partial charge < -0.3 is 0 Å².